The van der Waals surface area contributed by atoms with Crippen LogP contribution in [0.5, 0.6) is 0 Å². The van der Waals surface area contributed by atoms with Gasteiger partial charge in [0.15, 0.2) is 0 Å². The Balaban J connectivity index is 1.30. The number of benzene rings is 2. The van der Waals surface area contributed by atoms with E-state index in [2.05, 4.69) is 16.7 Å². The molecular weight excluding hydrogens is 377 g/mol. The van der Waals surface area contributed by atoms with Crippen molar-refractivity contribution in [1.29, 1.82) is 0 Å². The Hall–Kier alpha value is -2.73. The molecule has 0 radical (unpaired) electrons. The molecule has 0 aliphatic heterocycles. The number of hydrogen-bond acceptors (Lipinski definition) is 5. The van der Waals surface area contributed by atoms with Crippen molar-refractivity contribution in [2.45, 2.75) is 44.2 Å². The highest BCUT2D eigenvalue weighted by atomic mass is 19.1. The van der Waals surface area contributed by atoms with Crippen molar-refractivity contribution in [1.82, 2.24) is 15.3 Å². The van der Waals surface area contributed by atoms with Gasteiger partial charge >= 0.3 is 0 Å². The van der Waals surface area contributed by atoms with E-state index < -0.39 is 0 Å². The van der Waals surface area contributed by atoms with Gasteiger partial charge < -0.3 is 15.5 Å². The molecule has 3 aromatic rings. The Bertz CT molecular complexity index is 982. The van der Waals surface area contributed by atoms with Gasteiger partial charge in [0.1, 0.15) is 11.6 Å². The number of aromatic nitrogens is 2. The van der Waals surface area contributed by atoms with Crippen LogP contribution in [0.2, 0.25) is 0 Å². The summed E-state index contributed by atoms with van der Waals surface area (Å²) in [4.78, 5) is 11.5. The zero-order valence-corrected chi connectivity index (χ0v) is 17.7. The lowest BCUT2D eigenvalue weighted by atomic mass is 9.91. The van der Waals surface area contributed by atoms with Gasteiger partial charge in [0, 0.05) is 31.6 Å². The maximum absolute atomic E-state index is 13.7. The van der Waals surface area contributed by atoms with Gasteiger partial charge in [-0.25, -0.2) is 9.37 Å². The van der Waals surface area contributed by atoms with E-state index in [1.165, 1.54) is 6.07 Å². The Morgan fingerprint density at radius 2 is 1.63 bits per heavy atom. The lowest BCUT2D eigenvalue weighted by molar-refractivity contribution is 0.354. The maximum atomic E-state index is 13.7. The summed E-state index contributed by atoms with van der Waals surface area (Å²) in [5.41, 5.74) is 1.74. The van der Waals surface area contributed by atoms with E-state index in [1.807, 2.05) is 49.3 Å². The van der Waals surface area contributed by atoms with E-state index in [-0.39, 0.29) is 5.82 Å². The van der Waals surface area contributed by atoms with Crippen molar-refractivity contribution >= 4 is 22.7 Å². The third-order valence-electron chi connectivity index (χ3n) is 5.85. The minimum atomic E-state index is -0.111. The van der Waals surface area contributed by atoms with Crippen molar-refractivity contribution in [3.8, 4) is 0 Å². The number of anilines is 2. The second-order valence-electron chi connectivity index (χ2n) is 8.27. The van der Waals surface area contributed by atoms with E-state index in [1.54, 1.807) is 6.07 Å². The fourth-order valence-electron chi connectivity index (χ4n) is 4.20. The van der Waals surface area contributed by atoms with Gasteiger partial charge in [0.05, 0.1) is 5.52 Å². The van der Waals surface area contributed by atoms with E-state index in [4.69, 9.17) is 9.97 Å². The molecule has 0 spiro atoms. The van der Waals surface area contributed by atoms with Gasteiger partial charge in [-0.2, -0.15) is 4.98 Å². The molecule has 30 heavy (non-hydrogen) atoms. The van der Waals surface area contributed by atoms with Crippen LogP contribution < -0.4 is 15.5 Å². The van der Waals surface area contributed by atoms with Crippen molar-refractivity contribution < 1.29 is 4.39 Å². The molecule has 2 aromatic carbocycles. The second kappa shape index (κ2) is 9.39. The maximum Gasteiger partial charge on any atom is 0.225 e. The van der Waals surface area contributed by atoms with Gasteiger partial charge in [-0.3, -0.25) is 0 Å². The number of halogens is 1. The number of hydrogen-bond donors (Lipinski definition) is 2. The molecular formula is C24H30FN5. The summed E-state index contributed by atoms with van der Waals surface area (Å²) in [6.45, 7) is 0.809. The number of nitrogens with one attached hydrogen (secondary N) is 2. The van der Waals surface area contributed by atoms with Crippen molar-refractivity contribution in [2.75, 3.05) is 30.9 Å². The third-order valence-corrected chi connectivity index (χ3v) is 5.85. The molecule has 1 heterocycles. The topological polar surface area (TPSA) is 53.1 Å². The van der Waals surface area contributed by atoms with Crippen LogP contribution in [0.3, 0.4) is 0 Å². The van der Waals surface area contributed by atoms with Gasteiger partial charge in [-0.1, -0.05) is 30.3 Å². The Morgan fingerprint density at radius 1 is 0.933 bits per heavy atom. The van der Waals surface area contributed by atoms with Crippen molar-refractivity contribution in [2.24, 2.45) is 0 Å². The Labute approximate surface area is 177 Å². The molecule has 4 rings (SSSR count). The average molecular weight is 408 g/mol. The smallest absolute Gasteiger partial charge is 0.225 e. The largest absolute Gasteiger partial charge is 0.362 e. The summed E-state index contributed by atoms with van der Waals surface area (Å²) in [5.74, 6) is 1.53. The van der Waals surface area contributed by atoms with Crippen LogP contribution in [-0.2, 0) is 6.42 Å². The molecule has 158 valence electrons. The molecule has 5 nitrogen and oxygen atoms in total. The minimum absolute atomic E-state index is 0.111. The normalized spacial score (nSPS) is 19.0. The van der Waals surface area contributed by atoms with E-state index >= 15 is 0 Å². The standard InChI is InChI=1S/C24H30FN5/c1-30(2)23-20-8-4-6-10-22(20)28-24(29-23)27-19-13-11-18(12-14-19)26-16-15-17-7-3-5-9-21(17)25/h3-10,18-19,26H,11-16H2,1-2H3,(H,27,28,29). The number of fused-ring (bicyclic) bond motifs is 1. The van der Waals surface area contributed by atoms with Gasteiger partial charge in [-0.05, 0) is 62.4 Å². The molecule has 0 bridgehead atoms. The SMILES string of the molecule is CN(C)c1nc(NC2CCC(NCCc3ccccc3F)CC2)nc2ccccc12. The molecule has 0 amide bonds. The van der Waals surface area contributed by atoms with Crippen LogP contribution in [0.1, 0.15) is 31.2 Å². The molecule has 2 N–H and O–H groups in total. The summed E-state index contributed by atoms with van der Waals surface area (Å²) in [6, 6.07) is 16.0. The Kier molecular flexibility index (Phi) is 6.43. The quantitative estimate of drug-likeness (QED) is 0.608. The molecule has 6 heteroatoms. The molecule has 1 aliphatic carbocycles. The first kappa shape index (κ1) is 20.5. The van der Waals surface area contributed by atoms with Crippen LogP contribution in [0, 0.1) is 5.82 Å². The predicted molar refractivity (Wildman–Crippen MR) is 122 cm³/mol. The molecule has 0 saturated heterocycles. The predicted octanol–water partition coefficient (Wildman–Crippen LogP) is 4.39. The third kappa shape index (κ3) is 4.87. The van der Waals surface area contributed by atoms with E-state index in [9.17, 15) is 4.39 Å². The van der Waals surface area contributed by atoms with Gasteiger partial charge in [0.25, 0.3) is 0 Å². The van der Waals surface area contributed by atoms with Crippen LogP contribution in [0.4, 0.5) is 16.2 Å². The minimum Gasteiger partial charge on any atom is -0.362 e. The monoisotopic (exact) mass is 407 g/mol. The highest BCUT2D eigenvalue weighted by molar-refractivity contribution is 5.90. The van der Waals surface area contributed by atoms with Crippen LogP contribution in [0.25, 0.3) is 10.9 Å². The average Bonchev–Trinajstić information content (AvgIpc) is 2.75. The summed E-state index contributed by atoms with van der Waals surface area (Å²) in [7, 11) is 4.02. The molecule has 1 aliphatic rings. The first-order chi connectivity index (χ1) is 14.6. The number of para-hydroxylation sites is 1. The Morgan fingerprint density at radius 3 is 2.40 bits per heavy atom. The zero-order chi connectivity index (χ0) is 20.9. The van der Waals surface area contributed by atoms with E-state index in [0.29, 0.717) is 18.0 Å². The first-order valence-electron chi connectivity index (χ1n) is 10.8. The molecule has 1 fully saturated rings. The number of rotatable bonds is 7. The van der Waals surface area contributed by atoms with Crippen LogP contribution in [-0.4, -0.2) is 42.7 Å². The molecule has 0 atom stereocenters. The zero-order valence-electron chi connectivity index (χ0n) is 17.7. The van der Waals surface area contributed by atoms with E-state index in [0.717, 1.165) is 60.9 Å². The first-order valence-corrected chi connectivity index (χ1v) is 10.8. The molecule has 0 unspecified atom stereocenters. The number of nitrogens with zero attached hydrogens (tertiary/aromatic N) is 3. The summed E-state index contributed by atoms with van der Waals surface area (Å²) in [5, 5.41) is 8.22. The highest BCUT2D eigenvalue weighted by Crippen LogP contribution is 2.26. The van der Waals surface area contributed by atoms with Crippen molar-refractivity contribution in [3.05, 3.63) is 59.9 Å². The fraction of sp³-hybridized carbons (Fsp3) is 0.417. The summed E-state index contributed by atoms with van der Waals surface area (Å²) in [6.07, 6.45) is 5.07. The highest BCUT2D eigenvalue weighted by Gasteiger charge is 2.22. The van der Waals surface area contributed by atoms with Gasteiger partial charge in [-0.15, -0.1) is 0 Å². The molecule has 1 saturated carbocycles. The lowest BCUT2D eigenvalue weighted by Gasteiger charge is -2.30. The van der Waals surface area contributed by atoms with Gasteiger partial charge in [0.2, 0.25) is 5.95 Å². The summed E-state index contributed by atoms with van der Waals surface area (Å²) >= 11 is 0. The van der Waals surface area contributed by atoms with Crippen LogP contribution >= 0.6 is 0 Å². The molecule has 1 aromatic heterocycles. The van der Waals surface area contributed by atoms with Crippen molar-refractivity contribution in [3.63, 3.8) is 0 Å². The fourth-order valence-corrected chi connectivity index (χ4v) is 4.20. The lowest BCUT2D eigenvalue weighted by Crippen LogP contribution is -2.38. The second-order valence-corrected chi connectivity index (χ2v) is 8.27. The summed E-state index contributed by atoms with van der Waals surface area (Å²) < 4.78 is 13.7. The van der Waals surface area contributed by atoms with Crippen LogP contribution in [0.15, 0.2) is 48.5 Å².